The molecule has 0 saturated carbocycles. The molecule has 2 rings (SSSR count). The molecule has 0 radical (unpaired) electrons. The van der Waals surface area contributed by atoms with Gasteiger partial charge in [-0.3, -0.25) is 9.59 Å². The van der Waals surface area contributed by atoms with Crippen LogP contribution in [0.25, 0.3) is 0 Å². The quantitative estimate of drug-likeness (QED) is 0.638. The van der Waals surface area contributed by atoms with Crippen LogP contribution in [0.15, 0.2) is 42.5 Å². The number of ether oxygens (including phenoxy) is 2. The number of hydrogen-bond acceptors (Lipinski definition) is 4. The van der Waals surface area contributed by atoms with E-state index in [0.717, 1.165) is 0 Å². The van der Waals surface area contributed by atoms with Crippen LogP contribution in [0.3, 0.4) is 0 Å². The number of rotatable bonds is 6. The molecule has 0 aliphatic carbocycles. The van der Waals surface area contributed by atoms with E-state index in [0.29, 0.717) is 17.0 Å². The van der Waals surface area contributed by atoms with Crippen molar-refractivity contribution in [2.45, 2.75) is 13.0 Å². The van der Waals surface area contributed by atoms with Crippen LogP contribution in [-0.2, 0) is 20.9 Å². The van der Waals surface area contributed by atoms with Crippen molar-refractivity contribution in [3.8, 4) is 5.75 Å². The predicted octanol–water partition coefficient (Wildman–Crippen LogP) is 3.56. The number of nitrogens with one attached hydrogen (secondary N) is 1. The van der Waals surface area contributed by atoms with Gasteiger partial charge in [0.2, 0.25) is 5.91 Å². The van der Waals surface area contributed by atoms with Crippen molar-refractivity contribution in [2.75, 3.05) is 12.4 Å². The van der Waals surface area contributed by atoms with Gasteiger partial charge in [-0.25, -0.2) is 4.39 Å². The molecule has 7 heteroatoms. The molecule has 0 bridgehead atoms. The summed E-state index contributed by atoms with van der Waals surface area (Å²) in [5.74, 6) is -1.09. The molecule has 1 amide bonds. The molecule has 0 aliphatic heterocycles. The summed E-state index contributed by atoms with van der Waals surface area (Å²) in [5.41, 5.74) is 1.09. The van der Waals surface area contributed by atoms with Crippen molar-refractivity contribution >= 4 is 29.2 Å². The minimum Gasteiger partial charge on any atom is -0.487 e. The lowest BCUT2D eigenvalue weighted by molar-refractivity contribution is -0.142. The molecule has 0 fully saturated rings. The smallest absolute Gasteiger partial charge is 0.315 e. The molecular weight excluding hydrogens is 337 g/mol. The SMILES string of the molecule is COC(=O)CC(=O)Nc1ccc(OCc2cccc(F)c2)c(Cl)c1. The van der Waals surface area contributed by atoms with Crippen LogP contribution in [0.5, 0.6) is 5.75 Å². The average molecular weight is 352 g/mol. The maximum atomic E-state index is 13.1. The largest absolute Gasteiger partial charge is 0.487 e. The van der Waals surface area contributed by atoms with Gasteiger partial charge in [0.05, 0.1) is 12.1 Å². The zero-order chi connectivity index (χ0) is 17.5. The summed E-state index contributed by atoms with van der Waals surface area (Å²) < 4.78 is 23.1. The van der Waals surface area contributed by atoms with Gasteiger partial charge in [0.1, 0.15) is 24.6 Å². The molecule has 1 N–H and O–H groups in total. The van der Waals surface area contributed by atoms with Gasteiger partial charge in [-0.2, -0.15) is 0 Å². The Morgan fingerprint density at radius 3 is 2.67 bits per heavy atom. The minimum atomic E-state index is -0.631. The van der Waals surface area contributed by atoms with Gasteiger partial charge in [-0.1, -0.05) is 23.7 Å². The fraction of sp³-hybridized carbons (Fsp3) is 0.176. The average Bonchev–Trinajstić information content (AvgIpc) is 2.54. The maximum absolute atomic E-state index is 13.1. The topological polar surface area (TPSA) is 64.6 Å². The summed E-state index contributed by atoms with van der Waals surface area (Å²) in [6, 6.07) is 10.7. The number of carbonyl (C=O) groups excluding carboxylic acids is 2. The Kier molecular flexibility index (Phi) is 6.14. The lowest BCUT2D eigenvalue weighted by atomic mass is 10.2. The van der Waals surface area contributed by atoms with E-state index < -0.39 is 11.9 Å². The van der Waals surface area contributed by atoms with E-state index in [-0.39, 0.29) is 23.9 Å². The zero-order valence-electron chi connectivity index (χ0n) is 12.8. The van der Waals surface area contributed by atoms with E-state index in [1.165, 1.54) is 25.3 Å². The van der Waals surface area contributed by atoms with Crippen molar-refractivity contribution in [1.82, 2.24) is 0 Å². The predicted molar refractivity (Wildman–Crippen MR) is 87.4 cm³/mol. The second-order valence-electron chi connectivity index (χ2n) is 4.86. The minimum absolute atomic E-state index is 0.158. The highest BCUT2D eigenvalue weighted by Gasteiger charge is 2.11. The second-order valence-corrected chi connectivity index (χ2v) is 5.27. The standard InChI is InChI=1S/C17H15ClFNO4/c1-23-17(22)9-16(21)20-13-5-6-15(14(18)8-13)24-10-11-3-2-4-12(19)7-11/h2-8H,9-10H2,1H3,(H,20,21). The molecule has 2 aromatic rings. The van der Waals surface area contributed by atoms with Crippen LogP contribution in [0.1, 0.15) is 12.0 Å². The molecule has 0 aliphatic rings. The first kappa shape index (κ1) is 17.7. The van der Waals surface area contributed by atoms with E-state index >= 15 is 0 Å². The molecule has 0 atom stereocenters. The first-order valence-corrected chi connectivity index (χ1v) is 7.39. The van der Waals surface area contributed by atoms with E-state index in [1.54, 1.807) is 24.3 Å². The molecule has 0 unspecified atom stereocenters. The summed E-state index contributed by atoms with van der Waals surface area (Å²) >= 11 is 6.10. The third-order valence-corrected chi connectivity index (χ3v) is 3.33. The number of amides is 1. The summed E-state index contributed by atoms with van der Waals surface area (Å²) in [6.45, 7) is 0.158. The van der Waals surface area contributed by atoms with Gasteiger partial charge in [0.25, 0.3) is 0 Å². The van der Waals surface area contributed by atoms with E-state index in [1.807, 2.05) is 0 Å². The van der Waals surface area contributed by atoms with Crippen molar-refractivity contribution in [3.63, 3.8) is 0 Å². The summed E-state index contributed by atoms with van der Waals surface area (Å²) in [4.78, 5) is 22.6. The number of anilines is 1. The number of benzene rings is 2. The van der Waals surface area contributed by atoms with Crippen LogP contribution >= 0.6 is 11.6 Å². The van der Waals surface area contributed by atoms with Gasteiger partial charge in [-0.15, -0.1) is 0 Å². The van der Waals surface area contributed by atoms with E-state index in [2.05, 4.69) is 10.1 Å². The van der Waals surface area contributed by atoms with Crippen LogP contribution in [0.4, 0.5) is 10.1 Å². The molecular formula is C17H15ClFNO4. The first-order chi connectivity index (χ1) is 11.5. The number of carbonyl (C=O) groups is 2. The summed E-state index contributed by atoms with van der Waals surface area (Å²) in [5, 5.41) is 2.81. The number of halogens is 2. The molecule has 24 heavy (non-hydrogen) atoms. The highest BCUT2D eigenvalue weighted by molar-refractivity contribution is 6.32. The lowest BCUT2D eigenvalue weighted by Crippen LogP contribution is -2.17. The number of esters is 1. The van der Waals surface area contributed by atoms with Crippen LogP contribution in [0.2, 0.25) is 5.02 Å². The number of hydrogen-bond donors (Lipinski definition) is 1. The highest BCUT2D eigenvalue weighted by Crippen LogP contribution is 2.28. The van der Waals surface area contributed by atoms with Crippen LogP contribution in [-0.4, -0.2) is 19.0 Å². The van der Waals surface area contributed by atoms with Gasteiger partial charge in [-0.05, 0) is 35.9 Å². The van der Waals surface area contributed by atoms with E-state index in [9.17, 15) is 14.0 Å². The molecule has 2 aromatic carbocycles. The monoisotopic (exact) mass is 351 g/mol. The normalized spacial score (nSPS) is 10.1. The van der Waals surface area contributed by atoms with Crippen molar-refractivity contribution in [2.24, 2.45) is 0 Å². The Labute approximate surface area is 143 Å². The third-order valence-electron chi connectivity index (χ3n) is 3.03. The van der Waals surface area contributed by atoms with Gasteiger partial charge in [0.15, 0.2) is 0 Å². The Morgan fingerprint density at radius 2 is 2.00 bits per heavy atom. The fourth-order valence-electron chi connectivity index (χ4n) is 1.89. The summed E-state index contributed by atoms with van der Waals surface area (Å²) in [7, 11) is 1.21. The third kappa shape index (κ3) is 5.24. The fourth-order valence-corrected chi connectivity index (χ4v) is 2.13. The van der Waals surface area contributed by atoms with Gasteiger partial charge < -0.3 is 14.8 Å². The molecule has 0 heterocycles. The lowest BCUT2D eigenvalue weighted by Gasteiger charge is -2.10. The van der Waals surface area contributed by atoms with Gasteiger partial charge >= 0.3 is 5.97 Å². The molecule has 5 nitrogen and oxygen atoms in total. The molecule has 126 valence electrons. The molecule has 0 aromatic heterocycles. The highest BCUT2D eigenvalue weighted by atomic mass is 35.5. The Balaban J connectivity index is 1.96. The summed E-state index contributed by atoms with van der Waals surface area (Å²) in [6.07, 6.45) is -0.383. The Bertz CT molecular complexity index is 751. The Hall–Kier alpha value is -2.60. The van der Waals surface area contributed by atoms with Crippen LogP contribution < -0.4 is 10.1 Å². The molecule has 0 saturated heterocycles. The Morgan fingerprint density at radius 1 is 1.21 bits per heavy atom. The first-order valence-electron chi connectivity index (χ1n) is 7.01. The van der Waals surface area contributed by atoms with Gasteiger partial charge in [0, 0.05) is 5.69 Å². The number of methoxy groups -OCH3 is 1. The van der Waals surface area contributed by atoms with Crippen molar-refractivity contribution in [1.29, 1.82) is 0 Å². The van der Waals surface area contributed by atoms with Crippen molar-refractivity contribution < 1.29 is 23.5 Å². The van der Waals surface area contributed by atoms with Crippen LogP contribution in [0, 0.1) is 5.82 Å². The maximum Gasteiger partial charge on any atom is 0.315 e. The second kappa shape index (κ2) is 8.31. The van der Waals surface area contributed by atoms with Crippen molar-refractivity contribution in [3.05, 3.63) is 58.9 Å². The molecule has 0 spiro atoms. The zero-order valence-corrected chi connectivity index (χ0v) is 13.6. The van der Waals surface area contributed by atoms with E-state index in [4.69, 9.17) is 16.3 Å².